The lowest BCUT2D eigenvalue weighted by Gasteiger charge is -2.64. The van der Waals surface area contributed by atoms with Crippen LogP contribution in [0.4, 0.5) is 0 Å². The van der Waals surface area contributed by atoms with Gasteiger partial charge in [0.15, 0.2) is 0 Å². The van der Waals surface area contributed by atoms with Crippen molar-refractivity contribution in [2.75, 3.05) is 20.1 Å². The molecule has 5 nitrogen and oxygen atoms in total. The highest BCUT2D eigenvalue weighted by molar-refractivity contribution is 5.92. The van der Waals surface area contributed by atoms with Gasteiger partial charge in [0.05, 0.1) is 17.1 Å². The fourth-order valence-corrected chi connectivity index (χ4v) is 7.58. The third-order valence-corrected chi connectivity index (χ3v) is 9.11. The lowest BCUT2D eigenvalue weighted by Crippen LogP contribution is -2.78. The first-order valence-corrected chi connectivity index (χ1v) is 12.8. The van der Waals surface area contributed by atoms with Crippen molar-refractivity contribution < 1.29 is 14.6 Å². The molecule has 0 aromatic heterocycles. The van der Waals surface area contributed by atoms with Gasteiger partial charge in [0, 0.05) is 31.3 Å². The standard InChI is InChI=1S/C30H34N2O3/c1-4-16-32-17-15-29-27-22-9-6-10-24(27)35-28(29)23(13-14-30(29,34)25(32)19-22)31(3)26(33)12-11-21-8-5-7-20(2)18-21/h4-12,18,23,25,28,34H,1,13-17,19H2,2-3H3/t23-,25-,28+,29+,30-/m1/s1. The van der Waals surface area contributed by atoms with Crippen LogP contribution in [0, 0.1) is 6.92 Å². The highest BCUT2D eigenvalue weighted by Crippen LogP contribution is 2.64. The Morgan fingerprint density at radius 3 is 2.91 bits per heavy atom. The second-order valence-corrected chi connectivity index (χ2v) is 10.8. The normalized spacial score (nSPS) is 32.7. The van der Waals surface area contributed by atoms with Gasteiger partial charge in [0.1, 0.15) is 11.9 Å². The van der Waals surface area contributed by atoms with E-state index in [1.807, 2.05) is 42.3 Å². The maximum atomic E-state index is 13.3. The number of hydrogen-bond acceptors (Lipinski definition) is 4. The summed E-state index contributed by atoms with van der Waals surface area (Å²) in [5, 5.41) is 12.5. The fraction of sp³-hybridized carbons (Fsp3) is 0.433. The summed E-state index contributed by atoms with van der Waals surface area (Å²) in [7, 11) is 1.88. The second kappa shape index (κ2) is 8.07. The largest absolute Gasteiger partial charge is 0.487 e. The van der Waals surface area contributed by atoms with Crippen LogP contribution in [0.3, 0.4) is 0 Å². The molecule has 2 fully saturated rings. The van der Waals surface area contributed by atoms with Crippen LogP contribution in [0.5, 0.6) is 5.75 Å². The molecule has 2 bridgehead atoms. The van der Waals surface area contributed by atoms with Crippen molar-refractivity contribution in [2.24, 2.45) is 0 Å². The maximum Gasteiger partial charge on any atom is 0.246 e. The van der Waals surface area contributed by atoms with Crippen LogP contribution in [-0.2, 0) is 16.6 Å². The molecule has 2 aromatic carbocycles. The van der Waals surface area contributed by atoms with E-state index in [1.54, 1.807) is 6.08 Å². The van der Waals surface area contributed by atoms with Crippen molar-refractivity contribution in [3.05, 3.63) is 83.4 Å². The topological polar surface area (TPSA) is 53.0 Å². The van der Waals surface area contributed by atoms with Crippen LogP contribution in [0.15, 0.2) is 61.2 Å². The minimum Gasteiger partial charge on any atom is -0.487 e. The van der Waals surface area contributed by atoms with Crippen LogP contribution in [-0.4, -0.2) is 64.7 Å². The molecule has 1 saturated carbocycles. The number of piperidine rings is 1. The predicted molar refractivity (Wildman–Crippen MR) is 137 cm³/mol. The number of carbonyl (C=O) groups excluding carboxylic acids is 1. The summed E-state index contributed by atoms with van der Waals surface area (Å²) in [6.45, 7) is 7.67. The predicted octanol–water partition coefficient (Wildman–Crippen LogP) is 3.88. The monoisotopic (exact) mass is 470 g/mol. The first-order chi connectivity index (χ1) is 16.9. The van der Waals surface area contributed by atoms with E-state index in [1.165, 1.54) is 16.7 Å². The molecule has 1 saturated heterocycles. The Bertz CT molecular complexity index is 1220. The van der Waals surface area contributed by atoms with Crippen LogP contribution >= 0.6 is 0 Å². The smallest absolute Gasteiger partial charge is 0.246 e. The summed E-state index contributed by atoms with van der Waals surface area (Å²) >= 11 is 0. The van der Waals surface area contributed by atoms with Crippen molar-refractivity contribution in [2.45, 2.75) is 61.8 Å². The van der Waals surface area contributed by atoms with Crippen molar-refractivity contribution in [3.63, 3.8) is 0 Å². The molecule has 35 heavy (non-hydrogen) atoms. The average molecular weight is 471 g/mol. The van der Waals surface area contributed by atoms with Crippen LogP contribution < -0.4 is 4.74 Å². The average Bonchev–Trinajstić information content (AvgIpc) is 3.19. The molecule has 4 aliphatic rings. The number of nitrogens with zero attached hydrogens (tertiary/aromatic N) is 2. The Hall–Kier alpha value is -2.89. The molecule has 0 radical (unpaired) electrons. The zero-order chi connectivity index (χ0) is 24.4. The van der Waals surface area contributed by atoms with Gasteiger partial charge in [-0.25, -0.2) is 0 Å². The van der Waals surface area contributed by atoms with E-state index in [9.17, 15) is 9.90 Å². The molecule has 2 aliphatic carbocycles. The molecule has 182 valence electrons. The van der Waals surface area contributed by atoms with Gasteiger partial charge in [-0.2, -0.15) is 0 Å². The molecule has 6 rings (SSSR count). The number of rotatable bonds is 5. The van der Waals surface area contributed by atoms with E-state index in [4.69, 9.17) is 4.74 Å². The highest BCUT2D eigenvalue weighted by atomic mass is 16.5. The molecule has 2 aromatic rings. The van der Waals surface area contributed by atoms with E-state index < -0.39 is 11.0 Å². The Kier molecular flexibility index (Phi) is 5.20. The van der Waals surface area contributed by atoms with Crippen LogP contribution in [0.25, 0.3) is 6.08 Å². The van der Waals surface area contributed by atoms with Gasteiger partial charge >= 0.3 is 0 Å². The van der Waals surface area contributed by atoms with Gasteiger partial charge < -0.3 is 14.7 Å². The van der Waals surface area contributed by atoms with E-state index >= 15 is 0 Å². The third-order valence-electron chi connectivity index (χ3n) is 9.11. The summed E-state index contributed by atoms with van der Waals surface area (Å²) in [6, 6.07) is 14.4. The Balaban J connectivity index is 1.36. The number of likely N-dealkylation sites (N-methyl/N-ethyl adjacent to an activating group) is 1. The van der Waals surface area contributed by atoms with Gasteiger partial charge in [0.2, 0.25) is 5.91 Å². The van der Waals surface area contributed by atoms with Crippen LogP contribution in [0.2, 0.25) is 0 Å². The van der Waals surface area contributed by atoms with Crippen molar-refractivity contribution in [1.82, 2.24) is 9.80 Å². The highest BCUT2D eigenvalue weighted by Gasteiger charge is 2.72. The summed E-state index contributed by atoms with van der Waals surface area (Å²) in [4.78, 5) is 17.5. The van der Waals surface area contributed by atoms with Crippen molar-refractivity contribution >= 4 is 12.0 Å². The Labute approximate surface area is 207 Å². The minimum absolute atomic E-state index is 0.0318. The second-order valence-electron chi connectivity index (χ2n) is 10.8. The number of benzene rings is 2. The molecule has 5 heteroatoms. The molecule has 2 aliphatic heterocycles. The molecule has 2 heterocycles. The Morgan fingerprint density at radius 2 is 2.11 bits per heavy atom. The quantitative estimate of drug-likeness (QED) is 0.532. The number of amides is 1. The molecule has 1 spiro atoms. The zero-order valence-electron chi connectivity index (χ0n) is 20.6. The summed E-state index contributed by atoms with van der Waals surface area (Å²) in [6.07, 6.45) is 8.24. The van der Waals surface area contributed by atoms with Gasteiger partial charge in [0.25, 0.3) is 0 Å². The maximum absolute atomic E-state index is 13.3. The first-order valence-electron chi connectivity index (χ1n) is 12.8. The van der Waals surface area contributed by atoms with Crippen molar-refractivity contribution in [3.8, 4) is 5.75 Å². The summed E-state index contributed by atoms with van der Waals surface area (Å²) in [5.74, 6) is 0.860. The number of aliphatic hydroxyl groups is 1. The molecule has 5 atom stereocenters. The van der Waals surface area contributed by atoms with Gasteiger partial charge in [-0.05, 0) is 62.4 Å². The number of hydrogen-bond donors (Lipinski definition) is 1. The van der Waals surface area contributed by atoms with E-state index in [2.05, 4.69) is 42.7 Å². The third kappa shape index (κ3) is 3.11. The molecule has 1 N–H and O–H groups in total. The summed E-state index contributed by atoms with van der Waals surface area (Å²) < 4.78 is 6.68. The fourth-order valence-electron chi connectivity index (χ4n) is 7.58. The Morgan fingerprint density at radius 1 is 1.29 bits per heavy atom. The van der Waals surface area contributed by atoms with Gasteiger partial charge in [-0.3, -0.25) is 9.69 Å². The molecular formula is C30H34N2O3. The summed E-state index contributed by atoms with van der Waals surface area (Å²) in [5.41, 5.74) is 3.29. The van der Waals surface area contributed by atoms with Crippen molar-refractivity contribution in [1.29, 1.82) is 0 Å². The number of carbonyl (C=O) groups is 1. The van der Waals surface area contributed by atoms with E-state index in [-0.39, 0.29) is 24.1 Å². The lowest BCUT2D eigenvalue weighted by molar-refractivity contribution is -0.198. The molecular weight excluding hydrogens is 436 g/mol. The molecule has 1 amide bonds. The van der Waals surface area contributed by atoms with E-state index in [0.717, 1.165) is 37.2 Å². The number of ether oxygens (including phenoxy) is 1. The number of likely N-dealkylation sites (tertiary alicyclic amines) is 1. The van der Waals surface area contributed by atoms with Gasteiger partial charge in [-0.1, -0.05) is 48.0 Å². The van der Waals surface area contributed by atoms with Gasteiger partial charge in [-0.15, -0.1) is 6.58 Å². The first kappa shape index (κ1) is 22.6. The van der Waals surface area contributed by atoms with E-state index in [0.29, 0.717) is 12.8 Å². The minimum atomic E-state index is -0.879. The molecule has 0 unspecified atom stereocenters. The number of aryl methyl sites for hydroxylation is 1. The van der Waals surface area contributed by atoms with Crippen LogP contribution in [0.1, 0.15) is 41.5 Å². The lowest BCUT2D eigenvalue weighted by atomic mass is 9.48. The SMILES string of the molecule is C=CCN1CC[C@]23c4c5cccc4O[C@H]2[C@H](N(C)C(=O)C=Cc2cccc(C)c2)CC[C@@]3(O)[C@H]1C5. The zero-order valence-corrected chi connectivity index (χ0v) is 20.6.